The number of carbonyl (C=O) groups is 1. The summed E-state index contributed by atoms with van der Waals surface area (Å²) in [6.07, 6.45) is -10.9. The number of anilines is 1. The molecule has 0 radical (unpaired) electrons. The van der Waals surface area contributed by atoms with Gasteiger partial charge in [-0.1, -0.05) is 6.07 Å². The van der Waals surface area contributed by atoms with Crippen molar-refractivity contribution in [2.24, 2.45) is 0 Å². The van der Waals surface area contributed by atoms with Crippen LogP contribution in [0.1, 0.15) is 40.3 Å². The lowest BCUT2D eigenvalue weighted by molar-refractivity contribution is -0.137. The van der Waals surface area contributed by atoms with Crippen LogP contribution in [-0.4, -0.2) is 20.5 Å². The van der Waals surface area contributed by atoms with Crippen LogP contribution in [0.2, 0.25) is 0 Å². The van der Waals surface area contributed by atoms with Gasteiger partial charge in [-0.05, 0) is 24.3 Å². The van der Waals surface area contributed by atoms with Crippen molar-refractivity contribution in [1.82, 2.24) is 14.6 Å². The minimum absolute atomic E-state index is 0.216. The average Bonchev–Trinajstić information content (AvgIpc) is 3.04. The van der Waals surface area contributed by atoms with Gasteiger partial charge in [0.1, 0.15) is 11.4 Å². The Balaban J connectivity index is 1.95. The highest BCUT2D eigenvalue weighted by molar-refractivity contribution is 6.03. The molecule has 0 fully saturated rings. The number of alkyl halides is 7. The van der Waals surface area contributed by atoms with Crippen molar-refractivity contribution < 1.29 is 35.5 Å². The zero-order chi connectivity index (χ0) is 20.6. The quantitative estimate of drug-likeness (QED) is 0.629. The van der Waals surface area contributed by atoms with Crippen LogP contribution in [0.15, 0.2) is 36.4 Å². The van der Waals surface area contributed by atoms with E-state index in [1.54, 1.807) is 0 Å². The first kappa shape index (κ1) is 19.6. The predicted octanol–water partition coefficient (Wildman–Crippen LogP) is 4.88. The fourth-order valence-electron chi connectivity index (χ4n) is 2.36. The van der Waals surface area contributed by atoms with Gasteiger partial charge in [0.25, 0.3) is 18.8 Å². The lowest BCUT2D eigenvalue weighted by Crippen LogP contribution is -2.14. The Bertz CT molecular complexity index is 1030. The van der Waals surface area contributed by atoms with Crippen molar-refractivity contribution in [2.45, 2.75) is 19.0 Å². The first-order valence-electron chi connectivity index (χ1n) is 7.52. The Labute approximate surface area is 151 Å². The maximum Gasteiger partial charge on any atom is 0.416 e. The van der Waals surface area contributed by atoms with Crippen molar-refractivity contribution in [1.29, 1.82) is 0 Å². The van der Waals surface area contributed by atoms with Gasteiger partial charge < -0.3 is 5.32 Å². The fourth-order valence-corrected chi connectivity index (χ4v) is 2.36. The van der Waals surface area contributed by atoms with E-state index < -0.39 is 53.2 Å². The maximum atomic E-state index is 13.1. The highest BCUT2D eigenvalue weighted by Gasteiger charge is 2.30. The standard InChI is InChI=1S/C16H9F7N4O/c17-13(18)9-5-11(14(19)20)27-12(25-9)6-10(26-27)15(28)24-8-3-1-2-7(4-8)16(21,22)23/h1-6,13-14H,(H,24,28). The van der Waals surface area contributed by atoms with Gasteiger partial charge in [-0.3, -0.25) is 4.79 Å². The molecule has 0 unspecified atom stereocenters. The van der Waals surface area contributed by atoms with E-state index in [9.17, 15) is 35.5 Å². The Kier molecular flexibility index (Phi) is 4.96. The zero-order valence-electron chi connectivity index (χ0n) is 13.5. The number of amides is 1. The van der Waals surface area contributed by atoms with Crippen LogP contribution in [-0.2, 0) is 6.18 Å². The summed E-state index contributed by atoms with van der Waals surface area (Å²) >= 11 is 0. The highest BCUT2D eigenvalue weighted by Crippen LogP contribution is 2.31. The SMILES string of the molecule is O=C(Nc1cccc(C(F)(F)F)c1)c1cc2nc(C(F)F)cc(C(F)F)n2n1. The highest BCUT2D eigenvalue weighted by atomic mass is 19.4. The molecule has 2 heterocycles. The van der Waals surface area contributed by atoms with E-state index >= 15 is 0 Å². The summed E-state index contributed by atoms with van der Waals surface area (Å²) in [7, 11) is 0. The second-order valence-corrected chi connectivity index (χ2v) is 5.54. The summed E-state index contributed by atoms with van der Waals surface area (Å²) in [6.45, 7) is 0. The maximum absolute atomic E-state index is 13.1. The van der Waals surface area contributed by atoms with E-state index in [4.69, 9.17) is 0 Å². The summed E-state index contributed by atoms with van der Waals surface area (Å²) in [4.78, 5) is 15.7. The Morgan fingerprint density at radius 3 is 2.36 bits per heavy atom. The van der Waals surface area contributed by atoms with Gasteiger partial charge in [-0.15, -0.1) is 0 Å². The monoisotopic (exact) mass is 406 g/mol. The first-order valence-corrected chi connectivity index (χ1v) is 7.52. The van der Waals surface area contributed by atoms with Crippen molar-refractivity contribution >= 4 is 17.2 Å². The fraction of sp³-hybridized carbons (Fsp3) is 0.188. The smallest absolute Gasteiger partial charge is 0.321 e. The van der Waals surface area contributed by atoms with E-state index in [-0.39, 0.29) is 5.69 Å². The molecule has 28 heavy (non-hydrogen) atoms. The minimum atomic E-state index is -4.63. The average molecular weight is 406 g/mol. The third kappa shape index (κ3) is 3.89. The molecule has 1 aromatic carbocycles. The third-order valence-corrected chi connectivity index (χ3v) is 3.60. The van der Waals surface area contributed by atoms with E-state index in [0.29, 0.717) is 16.6 Å². The molecule has 0 bridgehead atoms. The van der Waals surface area contributed by atoms with Crippen LogP contribution in [0.25, 0.3) is 5.65 Å². The van der Waals surface area contributed by atoms with E-state index in [1.165, 1.54) is 6.07 Å². The summed E-state index contributed by atoms with van der Waals surface area (Å²) in [5, 5.41) is 5.74. The number of nitrogens with one attached hydrogen (secondary N) is 1. The number of benzene rings is 1. The first-order chi connectivity index (χ1) is 13.1. The summed E-state index contributed by atoms with van der Waals surface area (Å²) in [6, 6.07) is 5.05. The minimum Gasteiger partial charge on any atom is -0.321 e. The molecule has 12 heteroatoms. The molecular formula is C16H9F7N4O. The van der Waals surface area contributed by atoms with Crippen LogP contribution in [0.5, 0.6) is 0 Å². The number of halogens is 7. The largest absolute Gasteiger partial charge is 0.416 e. The number of aromatic nitrogens is 3. The lowest BCUT2D eigenvalue weighted by atomic mass is 10.2. The predicted molar refractivity (Wildman–Crippen MR) is 82.3 cm³/mol. The molecule has 148 valence electrons. The molecule has 0 aliphatic rings. The second-order valence-electron chi connectivity index (χ2n) is 5.54. The molecule has 0 spiro atoms. The lowest BCUT2D eigenvalue weighted by Gasteiger charge is -2.09. The summed E-state index contributed by atoms with van der Waals surface area (Å²) in [5.41, 5.74) is -3.97. The zero-order valence-corrected chi connectivity index (χ0v) is 13.5. The van der Waals surface area contributed by atoms with Crippen molar-refractivity contribution in [2.75, 3.05) is 5.32 Å². The van der Waals surface area contributed by atoms with Gasteiger partial charge in [0, 0.05) is 11.8 Å². The molecule has 2 aromatic heterocycles. The van der Waals surface area contributed by atoms with Gasteiger partial charge >= 0.3 is 6.18 Å². The molecule has 0 aliphatic heterocycles. The second kappa shape index (κ2) is 7.09. The molecule has 3 aromatic rings. The number of hydrogen-bond donors (Lipinski definition) is 1. The van der Waals surface area contributed by atoms with Crippen molar-refractivity contribution in [3.8, 4) is 0 Å². The van der Waals surface area contributed by atoms with Crippen LogP contribution in [0, 0.1) is 0 Å². The molecule has 1 N–H and O–H groups in total. The molecule has 5 nitrogen and oxygen atoms in total. The number of rotatable bonds is 4. The van der Waals surface area contributed by atoms with Crippen LogP contribution < -0.4 is 5.32 Å². The molecule has 0 saturated carbocycles. The van der Waals surface area contributed by atoms with E-state index in [0.717, 1.165) is 18.2 Å². The van der Waals surface area contributed by atoms with Crippen LogP contribution in [0.3, 0.4) is 0 Å². The van der Waals surface area contributed by atoms with Gasteiger partial charge in [0.2, 0.25) is 0 Å². The third-order valence-electron chi connectivity index (χ3n) is 3.60. The van der Waals surface area contributed by atoms with Crippen LogP contribution >= 0.6 is 0 Å². The molecule has 0 aliphatic carbocycles. The topological polar surface area (TPSA) is 59.3 Å². The van der Waals surface area contributed by atoms with Crippen molar-refractivity contribution in [3.63, 3.8) is 0 Å². The van der Waals surface area contributed by atoms with E-state index in [2.05, 4.69) is 15.4 Å². The van der Waals surface area contributed by atoms with E-state index in [1.807, 2.05) is 0 Å². The van der Waals surface area contributed by atoms with Crippen molar-refractivity contribution in [3.05, 3.63) is 59.0 Å². The Morgan fingerprint density at radius 1 is 1.04 bits per heavy atom. The van der Waals surface area contributed by atoms with Gasteiger partial charge in [-0.2, -0.15) is 18.3 Å². The number of carbonyl (C=O) groups excluding carboxylic acids is 1. The Hall–Kier alpha value is -3.18. The van der Waals surface area contributed by atoms with Gasteiger partial charge in [-0.25, -0.2) is 27.1 Å². The number of hydrogen-bond acceptors (Lipinski definition) is 3. The molecular weight excluding hydrogens is 397 g/mol. The summed E-state index contributed by atoms with van der Waals surface area (Å²) < 4.78 is 90.6. The van der Waals surface area contributed by atoms with Gasteiger partial charge in [0.15, 0.2) is 11.3 Å². The number of fused-ring (bicyclic) bond motifs is 1. The molecule has 0 atom stereocenters. The molecule has 1 amide bonds. The normalized spacial score (nSPS) is 12.2. The summed E-state index contributed by atoms with van der Waals surface area (Å²) in [5.74, 6) is -1.02. The number of nitrogens with zero attached hydrogens (tertiary/aromatic N) is 3. The molecule has 0 saturated heterocycles. The van der Waals surface area contributed by atoms with Gasteiger partial charge in [0.05, 0.1) is 5.56 Å². The molecule has 3 rings (SSSR count). The Morgan fingerprint density at radius 2 is 1.75 bits per heavy atom. The van der Waals surface area contributed by atoms with Crippen LogP contribution in [0.4, 0.5) is 36.4 Å².